The van der Waals surface area contributed by atoms with E-state index in [1.54, 1.807) is 0 Å². The van der Waals surface area contributed by atoms with Crippen molar-refractivity contribution in [2.45, 2.75) is 70.7 Å². The number of hydrogen-bond donors (Lipinski definition) is 1. The molecule has 0 aromatic heterocycles. The molecule has 1 N–H and O–H groups in total. The molecule has 0 aliphatic carbocycles. The van der Waals surface area contributed by atoms with Crippen LogP contribution < -0.4 is 5.32 Å². The van der Waals surface area contributed by atoms with Gasteiger partial charge in [0.2, 0.25) is 0 Å². The van der Waals surface area contributed by atoms with Gasteiger partial charge in [-0.05, 0) is 26.3 Å². The molecule has 1 rings (SSSR count). The lowest BCUT2D eigenvalue weighted by Crippen LogP contribution is -2.51. The summed E-state index contributed by atoms with van der Waals surface area (Å²) in [5, 5.41) is 3.56. The largest absolute Gasteiger partial charge is 0.358 e. The van der Waals surface area contributed by atoms with Gasteiger partial charge in [0.15, 0.2) is 7.85 Å². The van der Waals surface area contributed by atoms with Crippen LogP contribution in [0.5, 0.6) is 0 Å². The van der Waals surface area contributed by atoms with Crippen LogP contribution in [0.25, 0.3) is 0 Å². The quantitative estimate of drug-likeness (QED) is 0.518. The predicted octanol–water partition coefficient (Wildman–Crippen LogP) is 1.66. The summed E-state index contributed by atoms with van der Waals surface area (Å²) < 4.78 is 11.7. The van der Waals surface area contributed by atoms with E-state index in [9.17, 15) is 0 Å². The van der Waals surface area contributed by atoms with E-state index in [4.69, 9.17) is 9.47 Å². The third-order valence-corrected chi connectivity index (χ3v) is 3.66. The summed E-state index contributed by atoms with van der Waals surface area (Å²) in [6, 6.07) is 0.365. The van der Waals surface area contributed by atoms with Crippen molar-refractivity contribution in [1.82, 2.24) is 5.32 Å². The van der Waals surface area contributed by atoms with Crippen molar-refractivity contribution in [3.05, 3.63) is 0 Å². The van der Waals surface area contributed by atoms with E-state index in [0.717, 1.165) is 26.0 Å². The Morgan fingerprint density at radius 1 is 1.35 bits per heavy atom. The summed E-state index contributed by atoms with van der Waals surface area (Å²) >= 11 is 0. The number of hydrogen-bond acceptors (Lipinski definition) is 3. The lowest BCUT2D eigenvalue weighted by atomic mass is 9.89. The van der Waals surface area contributed by atoms with E-state index in [1.807, 2.05) is 7.85 Å². The first-order chi connectivity index (χ1) is 8.14. The normalized spacial score (nSPS) is 30.6. The summed E-state index contributed by atoms with van der Waals surface area (Å²) in [5.74, 6) is 0. The van der Waals surface area contributed by atoms with Crippen LogP contribution in [0.3, 0.4) is 0 Å². The molecule has 0 aromatic rings. The van der Waals surface area contributed by atoms with Crippen LogP contribution in [0.4, 0.5) is 0 Å². The van der Waals surface area contributed by atoms with Gasteiger partial charge in [-0.2, -0.15) is 0 Å². The van der Waals surface area contributed by atoms with E-state index in [2.05, 4.69) is 26.1 Å². The van der Waals surface area contributed by atoms with Crippen molar-refractivity contribution >= 4 is 7.85 Å². The topological polar surface area (TPSA) is 30.5 Å². The number of rotatable bonds is 8. The monoisotopic (exact) mass is 241 g/mol. The van der Waals surface area contributed by atoms with Crippen molar-refractivity contribution in [3.8, 4) is 0 Å². The molecule has 1 heterocycles. The fourth-order valence-corrected chi connectivity index (χ4v) is 2.45. The molecule has 1 aliphatic rings. The summed E-state index contributed by atoms with van der Waals surface area (Å²) in [5.41, 5.74) is -0.107. The number of nitrogens with one attached hydrogen (secondary N) is 1. The van der Waals surface area contributed by atoms with Crippen LogP contribution in [0.2, 0.25) is 0 Å². The van der Waals surface area contributed by atoms with Gasteiger partial charge in [0.1, 0.15) is 11.8 Å². The molecule has 1 saturated heterocycles. The summed E-state index contributed by atoms with van der Waals surface area (Å²) in [7, 11) is 1.99. The Kier molecular flexibility index (Phi) is 6.53. The molecule has 1 aliphatic heterocycles. The maximum absolute atomic E-state index is 6.07. The summed E-state index contributed by atoms with van der Waals surface area (Å²) in [6.45, 7) is 8.44. The van der Waals surface area contributed by atoms with Gasteiger partial charge in [-0.15, -0.1) is 0 Å². The van der Waals surface area contributed by atoms with Crippen molar-refractivity contribution in [2.75, 3.05) is 13.2 Å². The molecule has 100 valence electrons. The smallest absolute Gasteiger partial charge is 0.174 e. The van der Waals surface area contributed by atoms with E-state index in [1.165, 1.54) is 19.3 Å². The molecule has 3 unspecified atom stereocenters. The van der Waals surface area contributed by atoms with Crippen LogP contribution in [0, 0.1) is 0 Å². The highest BCUT2D eigenvalue weighted by atomic mass is 16.7. The van der Waals surface area contributed by atoms with E-state index in [-0.39, 0.29) is 11.8 Å². The zero-order chi connectivity index (χ0) is 12.7. The van der Waals surface area contributed by atoms with Gasteiger partial charge in [-0.1, -0.05) is 33.1 Å². The van der Waals surface area contributed by atoms with Gasteiger partial charge >= 0.3 is 0 Å². The van der Waals surface area contributed by atoms with Crippen molar-refractivity contribution in [3.63, 3.8) is 0 Å². The SMILES string of the molecule is BC1OCC(CCCCC)(C(C)NCCC)O1. The fraction of sp³-hybridized carbons (Fsp3) is 1.00. The second-order valence-corrected chi connectivity index (χ2v) is 5.19. The molecule has 0 amide bonds. The minimum absolute atomic E-state index is 0.0532. The molecule has 0 aromatic carbocycles. The van der Waals surface area contributed by atoms with Gasteiger partial charge in [0, 0.05) is 6.04 Å². The maximum atomic E-state index is 6.07. The highest BCUT2D eigenvalue weighted by Crippen LogP contribution is 2.31. The zero-order valence-electron chi connectivity index (χ0n) is 11.9. The van der Waals surface area contributed by atoms with Gasteiger partial charge in [-0.25, -0.2) is 0 Å². The van der Waals surface area contributed by atoms with Crippen LogP contribution >= 0.6 is 0 Å². The molecule has 0 bridgehead atoms. The van der Waals surface area contributed by atoms with Crippen LogP contribution in [-0.2, 0) is 9.47 Å². The molecule has 1 fully saturated rings. The van der Waals surface area contributed by atoms with E-state index < -0.39 is 0 Å². The van der Waals surface area contributed by atoms with Gasteiger partial charge in [0.25, 0.3) is 0 Å². The second kappa shape index (κ2) is 7.40. The Bertz CT molecular complexity index is 216. The lowest BCUT2D eigenvalue weighted by Gasteiger charge is -2.34. The second-order valence-electron chi connectivity index (χ2n) is 5.19. The van der Waals surface area contributed by atoms with E-state index >= 15 is 0 Å². The fourth-order valence-electron chi connectivity index (χ4n) is 2.45. The molecule has 3 nitrogen and oxygen atoms in total. The average molecular weight is 241 g/mol. The first-order valence-corrected chi connectivity index (χ1v) is 7.17. The first-order valence-electron chi connectivity index (χ1n) is 7.17. The van der Waals surface area contributed by atoms with E-state index in [0.29, 0.717) is 6.04 Å². The average Bonchev–Trinajstić information content (AvgIpc) is 2.69. The molecule has 17 heavy (non-hydrogen) atoms. The van der Waals surface area contributed by atoms with Crippen LogP contribution in [0.1, 0.15) is 52.9 Å². The molecule has 3 atom stereocenters. The van der Waals surface area contributed by atoms with Crippen molar-refractivity contribution in [2.24, 2.45) is 0 Å². The Hall–Kier alpha value is -0.0551. The van der Waals surface area contributed by atoms with Crippen LogP contribution in [-0.4, -0.2) is 38.8 Å². The molecule has 4 heteroatoms. The Balaban J connectivity index is 2.52. The third kappa shape index (κ3) is 4.27. The molecular formula is C13H28BNO2. The van der Waals surface area contributed by atoms with Gasteiger partial charge in [-0.3, -0.25) is 0 Å². The number of ether oxygens (including phenoxy) is 2. The first kappa shape index (κ1) is 15.0. The Labute approximate surface area is 107 Å². The van der Waals surface area contributed by atoms with Gasteiger partial charge in [0.05, 0.1) is 6.61 Å². The van der Waals surface area contributed by atoms with Gasteiger partial charge < -0.3 is 14.8 Å². The third-order valence-electron chi connectivity index (χ3n) is 3.66. The lowest BCUT2D eigenvalue weighted by molar-refractivity contribution is -0.0576. The highest BCUT2D eigenvalue weighted by Gasteiger charge is 2.43. The Morgan fingerprint density at radius 3 is 2.65 bits per heavy atom. The predicted molar refractivity (Wildman–Crippen MR) is 74.0 cm³/mol. The highest BCUT2D eigenvalue weighted by molar-refractivity contribution is 6.10. The number of unbranched alkanes of at least 4 members (excludes halogenated alkanes) is 2. The molecule has 0 saturated carbocycles. The van der Waals surface area contributed by atoms with Crippen molar-refractivity contribution < 1.29 is 9.47 Å². The maximum Gasteiger partial charge on any atom is 0.174 e. The molecule has 0 spiro atoms. The zero-order valence-corrected chi connectivity index (χ0v) is 11.9. The standard InChI is InChI=1S/C13H28BNO2/c1-4-6-7-8-13(10-16-12(14)17-13)11(3)15-9-5-2/h11-12,15H,4-10,14H2,1-3H3. The minimum Gasteiger partial charge on any atom is -0.358 e. The molecule has 0 radical (unpaired) electrons. The minimum atomic E-state index is -0.107. The van der Waals surface area contributed by atoms with Crippen LogP contribution in [0.15, 0.2) is 0 Å². The summed E-state index contributed by atoms with van der Waals surface area (Å²) in [6.07, 6.45) is 5.96. The summed E-state index contributed by atoms with van der Waals surface area (Å²) in [4.78, 5) is 0. The van der Waals surface area contributed by atoms with Crippen molar-refractivity contribution in [1.29, 1.82) is 0 Å². The molecular weight excluding hydrogens is 213 g/mol. The Morgan fingerprint density at radius 2 is 2.12 bits per heavy atom.